The molecule has 0 saturated heterocycles. The van der Waals surface area contributed by atoms with Gasteiger partial charge in [0.15, 0.2) is 0 Å². The van der Waals surface area contributed by atoms with Gasteiger partial charge in [0, 0.05) is 22.6 Å². The fourth-order valence-electron chi connectivity index (χ4n) is 2.91. The molecular weight excluding hydrogens is 276 g/mol. The molecule has 1 aliphatic rings. The summed E-state index contributed by atoms with van der Waals surface area (Å²) in [6, 6.07) is 12.2. The standard InChI is InChI=1S/C18H24N2S/c1-13-10-15(11-14(2)19)5-8-18(13)20(16-6-7-16)12-17-4-3-9-21-17/h3-5,8-10,14,16H,6-7,11-12,19H2,1-2H3. The van der Waals surface area contributed by atoms with Crippen molar-refractivity contribution < 1.29 is 0 Å². The molecule has 3 heteroatoms. The molecule has 0 aliphatic heterocycles. The van der Waals surface area contributed by atoms with Crippen LogP contribution >= 0.6 is 11.3 Å². The molecule has 2 nitrogen and oxygen atoms in total. The molecule has 0 amide bonds. The molecule has 3 rings (SSSR count). The second-order valence-corrected chi connectivity index (χ2v) is 7.27. The topological polar surface area (TPSA) is 29.3 Å². The fraction of sp³-hybridized carbons (Fsp3) is 0.444. The normalized spacial score (nSPS) is 16.0. The summed E-state index contributed by atoms with van der Waals surface area (Å²) in [5.41, 5.74) is 10.0. The maximum absolute atomic E-state index is 5.91. The Morgan fingerprint density at radius 2 is 2.14 bits per heavy atom. The zero-order valence-corrected chi connectivity index (χ0v) is 13.7. The molecule has 1 unspecified atom stereocenters. The molecule has 1 atom stereocenters. The number of anilines is 1. The van der Waals surface area contributed by atoms with Gasteiger partial charge in [0.2, 0.25) is 0 Å². The van der Waals surface area contributed by atoms with Crippen molar-refractivity contribution in [2.75, 3.05) is 4.90 Å². The molecule has 0 bridgehead atoms. The van der Waals surface area contributed by atoms with E-state index in [1.807, 2.05) is 11.3 Å². The van der Waals surface area contributed by atoms with Gasteiger partial charge in [-0.1, -0.05) is 18.2 Å². The Morgan fingerprint density at radius 3 is 2.71 bits per heavy atom. The Labute approximate surface area is 131 Å². The number of benzene rings is 1. The first kappa shape index (κ1) is 14.6. The van der Waals surface area contributed by atoms with Crippen molar-refractivity contribution in [3.05, 3.63) is 51.7 Å². The van der Waals surface area contributed by atoms with Crippen LogP contribution < -0.4 is 10.6 Å². The van der Waals surface area contributed by atoms with Crippen molar-refractivity contribution in [2.45, 2.75) is 51.7 Å². The first-order valence-corrected chi connectivity index (χ1v) is 8.65. The van der Waals surface area contributed by atoms with Crippen LogP contribution in [0.2, 0.25) is 0 Å². The van der Waals surface area contributed by atoms with Crippen LogP contribution in [0.25, 0.3) is 0 Å². The maximum atomic E-state index is 5.91. The highest BCUT2D eigenvalue weighted by molar-refractivity contribution is 7.09. The van der Waals surface area contributed by atoms with E-state index < -0.39 is 0 Å². The van der Waals surface area contributed by atoms with Gasteiger partial charge in [0.05, 0.1) is 6.54 Å². The van der Waals surface area contributed by atoms with E-state index >= 15 is 0 Å². The second-order valence-electron chi connectivity index (χ2n) is 6.24. The summed E-state index contributed by atoms with van der Waals surface area (Å²) in [5.74, 6) is 0. The summed E-state index contributed by atoms with van der Waals surface area (Å²) in [7, 11) is 0. The van der Waals surface area contributed by atoms with Gasteiger partial charge in [-0.3, -0.25) is 0 Å². The average molecular weight is 300 g/mol. The van der Waals surface area contributed by atoms with Crippen molar-refractivity contribution in [1.82, 2.24) is 0 Å². The minimum absolute atomic E-state index is 0.223. The third kappa shape index (κ3) is 3.66. The van der Waals surface area contributed by atoms with E-state index in [9.17, 15) is 0 Å². The van der Waals surface area contributed by atoms with Gasteiger partial charge >= 0.3 is 0 Å². The summed E-state index contributed by atoms with van der Waals surface area (Å²) in [6.45, 7) is 5.33. The van der Waals surface area contributed by atoms with Gasteiger partial charge in [0.25, 0.3) is 0 Å². The van der Waals surface area contributed by atoms with Crippen molar-refractivity contribution in [3.8, 4) is 0 Å². The number of aryl methyl sites for hydroxylation is 1. The molecule has 0 spiro atoms. The zero-order valence-electron chi connectivity index (χ0n) is 12.9. The number of thiophene rings is 1. The fourth-order valence-corrected chi connectivity index (χ4v) is 3.61. The van der Waals surface area contributed by atoms with E-state index in [1.54, 1.807) is 0 Å². The van der Waals surface area contributed by atoms with Gasteiger partial charge in [-0.25, -0.2) is 0 Å². The molecule has 1 fully saturated rings. The second kappa shape index (κ2) is 6.20. The molecule has 21 heavy (non-hydrogen) atoms. The number of nitrogens with two attached hydrogens (primary N) is 1. The van der Waals surface area contributed by atoms with Crippen LogP contribution in [-0.4, -0.2) is 12.1 Å². The van der Waals surface area contributed by atoms with E-state index in [1.165, 1.54) is 34.5 Å². The average Bonchev–Trinajstić information content (AvgIpc) is 3.14. The van der Waals surface area contributed by atoms with E-state index in [4.69, 9.17) is 5.73 Å². The van der Waals surface area contributed by atoms with Crippen LogP contribution in [0.1, 0.15) is 35.8 Å². The van der Waals surface area contributed by atoms with Gasteiger partial charge in [-0.05, 0) is 61.7 Å². The molecule has 1 aromatic carbocycles. The van der Waals surface area contributed by atoms with Crippen LogP contribution in [0, 0.1) is 6.92 Å². The highest BCUT2D eigenvalue weighted by Crippen LogP contribution is 2.35. The highest BCUT2D eigenvalue weighted by Gasteiger charge is 2.30. The molecule has 1 saturated carbocycles. The highest BCUT2D eigenvalue weighted by atomic mass is 32.1. The Bertz CT molecular complexity index is 585. The summed E-state index contributed by atoms with van der Waals surface area (Å²) in [4.78, 5) is 4.03. The molecule has 2 aromatic rings. The van der Waals surface area contributed by atoms with Gasteiger partial charge in [0.1, 0.15) is 0 Å². The molecule has 2 N–H and O–H groups in total. The monoisotopic (exact) mass is 300 g/mol. The zero-order chi connectivity index (χ0) is 14.8. The molecule has 1 aliphatic carbocycles. The van der Waals surface area contributed by atoms with E-state index in [-0.39, 0.29) is 6.04 Å². The van der Waals surface area contributed by atoms with E-state index in [2.05, 4.69) is 54.5 Å². The third-order valence-corrected chi connectivity index (χ3v) is 4.88. The van der Waals surface area contributed by atoms with E-state index in [0.717, 1.165) is 19.0 Å². The number of hydrogen-bond donors (Lipinski definition) is 1. The summed E-state index contributed by atoms with van der Waals surface area (Å²) >= 11 is 1.85. The lowest BCUT2D eigenvalue weighted by Crippen LogP contribution is -2.25. The maximum Gasteiger partial charge on any atom is 0.0526 e. The summed E-state index contributed by atoms with van der Waals surface area (Å²) in [6.07, 6.45) is 3.61. The molecule has 0 radical (unpaired) electrons. The van der Waals surface area contributed by atoms with Crippen molar-refractivity contribution in [1.29, 1.82) is 0 Å². The first-order chi connectivity index (χ1) is 10.1. The SMILES string of the molecule is Cc1cc(CC(C)N)ccc1N(Cc1cccs1)C1CC1. The van der Waals surface area contributed by atoms with Crippen molar-refractivity contribution in [2.24, 2.45) is 5.73 Å². The lowest BCUT2D eigenvalue weighted by atomic mass is 10.0. The van der Waals surface area contributed by atoms with Gasteiger partial charge < -0.3 is 10.6 Å². The third-order valence-electron chi connectivity index (χ3n) is 4.02. The lowest BCUT2D eigenvalue weighted by molar-refractivity contribution is 0.736. The van der Waals surface area contributed by atoms with Gasteiger partial charge in [-0.2, -0.15) is 0 Å². The Hall–Kier alpha value is -1.32. The summed E-state index contributed by atoms with van der Waals surface area (Å²) < 4.78 is 0. The van der Waals surface area contributed by atoms with Crippen LogP contribution in [-0.2, 0) is 13.0 Å². The van der Waals surface area contributed by atoms with Gasteiger partial charge in [-0.15, -0.1) is 11.3 Å². The molecular formula is C18H24N2S. The molecule has 112 valence electrons. The first-order valence-electron chi connectivity index (χ1n) is 7.77. The number of nitrogens with zero attached hydrogens (tertiary/aromatic N) is 1. The Balaban J connectivity index is 1.82. The minimum atomic E-state index is 0.223. The predicted molar refractivity (Wildman–Crippen MR) is 92.1 cm³/mol. The Morgan fingerprint density at radius 1 is 1.33 bits per heavy atom. The largest absolute Gasteiger partial charge is 0.363 e. The minimum Gasteiger partial charge on any atom is -0.363 e. The number of hydrogen-bond acceptors (Lipinski definition) is 3. The quantitative estimate of drug-likeness (QED) is 0.869. The van der Waals surface area contributed by atoms with Crippen molar-refractivity contribution >= 4 is 17.0 Å². The van der Waals surface area contributed by atoms with Crippen LogP contribution in [0.5, 0.6) is 0 Å². The van der Waals surface area contributed by atoms with E-state index in [0.29, 0.717) is 0 Å². The molecule has 1 heterocycles. The lowest BCUT2D eigenvalue weighted by Gasteiger charge is -2.26. The van der Waals surface area contributed by atoms with Crippen LogP contribution in [0.3, 0.4) is 0 Å². The smallest absolute Gasteiger partial charge is 0.0526 e. The van der Waals surface area contributed by atoms with Crippen LogP contribution in [0.4, 0.5) is 5.69 Å². The summed E-state index contributed by atoms with van der Waals surface area (Å²) in [5, 5.41) is 2.17. The number of rotatable bonds is 6. The Kier molecular flexibility index (Phi) is 4.32. The van der Waals surface area contributed by atoms with Crippen molar-refractivity contribution in [3.63, 3.8) is 0 Å². The molecule has 1 aromatic heterocycles. The predicted octanol–water partition coefficient (Wildman–Crippen LogP) is 4.12. The van der Waals surface area contributed by atoms with Crippen LogP contribution in [0.15, 0.2) is 35.7 Å².